The van der Waals surface area contributed by atoms with E-state index >= 15 is 0 Å². The van der Waals surface area contributed by atoms with Gasteiger partial charge in [0.2, 0.25) is 0 Å². The molecule has 0 unspecified atom stereocenters. The minimum absolute atomic E-state index is 0.336. The van der Waals surface area contributed by atoms with Crippen molar-refractivity contribution in [3.8, 4) is 0 Å². The van der Waals surface area contributed by atoms with Crippen LogP contribution in [0.2, 0.25) is 0 Å². The minimum atomic E-state index is -4.12. The maximum absolute atomic E-state index is 11.9. The van der Waals surface area contributed by atoms with Crippen LogP contribution in [0.15, 0.2) is 29.2 Å². The number of unbranched alkanes of at least 4 members (excludes halogenated alkanes) is 1. The van der Waals surface area contributed by atoms with E-state index in [1.807, 2.05) is 6.92 Å². The standard InChI is InChI=1S/C11H15N3O5S/c1-2-3-7-12-11(15)13-20(18,19)10-6-4-5-9(8-10)14(16)17/h4-6,8H,2-3,7H2,1H3,(H2,12,13,15). The molecule has 0 bridgehead atoms. The fourth-order valence-electron chi connectivity index (χ4n) is 1.36. The number of sulfonamides is 1. The van der Waals surface area contributed by atoms with Crippen LogP contribution in [-0.4, -0.2) is 25.9 Å². The van der Waals surface area contributed by atoms with E-state index in [0.29, 0.717) is 6.54 Å². The molecule has 20 heavy (non-hydrogen) atoms. The predicted molar refractivity (Wildman–Crippen MR) is 71.7 cm³/mol. The molecule has 0 fully saturated rings. The monoisotopic (exact) mass is 301 g/mol. The summed E-state index contributed by atoms with van der Waals surface area (Å²) in [5, 5.41) is 13.0. The summed E-state index contributed by atoms with van der Waals surface area (Å²) in [7, 11) is -4.12. The first-order valence-electron chi connectivity index (χ1n) is 5.92. The Bertz CT molecular complexity index is 600. The Morgan fingerprint density at radius 1 is 1.40 bits per heavy atom. The highest BCUT2D eigenvalue weighted by Gasteiger charge is 2.19. The smallest absolute Gasteiger partial charge is 0.328 e. The summed E-state index contributed by atoms with van der Waals surface area (Å²) in [6.45, 7) is 2.28. The third-order valence-corrected chi connectivity index (χ3v) is 3.71. The molecule has 0 atom stereocenters. The third-order valence-electron chi connectivity index (χ3n) is 2.38. The van der Waals surface area contributed by atoms with Crippen molar-refractivity contribution in [3.63, 3.8) is 0 Å². The molecular formula is C11H15N3O5S. The van der Waals surface area contributed by atoms with E-state index in [4.69, 9.17) is 0 Å². The van der Waals surface area contributed by atoms with E-state index in [1.165, 1.54) is 18.2 Å². The van der Waals surface area contributed by atoms with Crippen molar-refractivity contribution in [2.24, 2.45) is 0 Å². The molecule has 0 aliphatic heterocycles. The molecule has 0 spiro atoms. The van der Waals surface area contributed by atoms with Crippen molar-refractivity contribution in [1.29, 1.82) is 0 Å². The molecule has 0 aromatic heterocycles. The summed E-state index contributed by atoms with van der Waals surface area (Å²) in [6, 6.07) is 3.61. The number of hydrogen-bond donors (Lipinski definition) is 2. The normalized spacial score (nSPS) is 10.8. The van der Waals surface area contributed by atoms with E-state index < -0.39 is 21.0 Å². The molecule has 2 amide bonds. The molecule has 1 aromatic rings. The van der Waals surface area contributed by atoms with E-state index in [0.717, 1.165) is 18.9 Å². The second-order valence-electron chi connectivity index (χ2n) is 3.97. The van der Waals surface area contributed by atoms with Crippen molar-refractivity contribution < 1.29 is 18.1 Å². The van der Waals surface area contributed by atoms with Crippen molar-refractivity contribution in [1.82, 2.24) is 10.0 Å². The largest absolute Gasteiger partial charge is 0.337 e. The highest BCUT2D eigenvalue weighted by atomic mass is 32.2. The van der Waals surface area contributed by atoms with Gasteiger partial charge in [0.15, 0.2) is 0 Å². The molecule has 0 heterocycles. The summed E-state index contributed by atoms with van der Waals surface area (Å²) >= 11 is 0. The van der Waals surface area contributed by atoms with Crippen LogP contribution in [0.4, 0.5) is 10.5 Å². The SMILES string of the molecule is CCCCNC(=O)NS(=O)(=O)c1cccc([N+](=O)[O-])c1. The molecule has 0 aliphatic carbocycles. The van der Waals surface area contributed by atoms with Gasteiger partial charge in [-0.3, -0.25) is 10.1 Å². The van der Waals surface area contributed by atoms with Crippen LogP contribution in [0.3, 0.4) is 0 Å². The summed E-state index contributed by atoms with van der Waals surface area (Å²) in [4.78, 5) is 20.9. The van der Waals surface area contributed by atoms with Gasteiger partial charge in [-0.2, -0.15) is 0 Å². The summed E-state index contributed by atoms with van der Waals surface area (Å²) in [6.07, 6.45) is 1.59. The van der Waals surface area contributed by atoms with Gasteiger partial charge in [-0.25, -0.2) is 17.9 Å². The summed E-state index contributed by atoms with van der Waals surface area (Å²) in [5.74, 6) is 0. The van der Waals surface area contributed by atoms with Crippen LogP contribution in [0.5, 0.6) is 0 Å². The van der Waals surface area contributed by atoms with Crippen LogP contribution < -0.4 is 10.0 Å². The van der Waals surface area contributed by atoms with E-state index in [-0.39, 0.29) is 10.6 Å². The molecule has 8 nitrogen and oxygen atoms in total. The highest BCUT2D eigenvalue weighted by Crippen LogP contribution is 2.16. The molecule has 110 valence electrons. The Labute approximate surface area is 116 Å². The number of carbonyl (C=O) groups excluding carboxylic acids is 1. The zero-order valence-corrected chi connectivity index (χ0v) is 11.6. The Hall–Kier alpha value is -2.16. The lowest BCUT2D eigenvalue weighted by Crippen LogP contribution is -2.39. The van der Waals surface area contributed by atoms with Gasteiger partial charge in [0.25, 0.3) is 15.7 Å². The van der Waals surface area contributed by atoms with Gasteiger partial charge < -0.3 is 5.32 Å². The molecule has 1 aromatic carbocycles. The number of nitro groups is 1. The predicted octanol–water partition coefficient (Wildman–Crippen LogP) is 1.38. The van der Waals surface area contributed by atoms with Crippen molar-refractivity contribution in [3.05, 3.63) is 34.4 Å². The lowest BCUT2D eigenvalue weighted by Gasteiger charge is -2.08. The maximum atomic E-state index is 11.9. The van der Waals surface area contributed by atoms with Gasteiger partial charge in [0.1, 0.15) is 0 Å². The number of rotatable bonds is 6. The number of benzene rings is 1. The third kappa shape index (κ3) is 4.50. The summed E-state index contributed by atoms with van der Waals surface area (Å²) < 4.78 is 25.5. The average molecular weight is 301 g/mol. The first-order valence-corrected chi connectivity index (χ1v) is 7.40. The second kappa shape index (κ2) is 6.85. The molecule has 2 N–H and O–H groups in total. The first kappa shape index (κ1) is 15.9. The van der Waals surface area contributed by atoms with Gasteiger partial charge >= 0.3 is 6.03 Å². The van der Waals surface area contributed by atoms with Crippen molar-refractivity contribution in [2.45, 2.75) is 24.7 Å². The van der Waals surface area contributed by atoms with Crippen LogP contribution in [0.25, 0.3) is 0 Å². The zero-order valence-electron chi connectivity index (χ0n) is 10.8. The number of carbonyl (C=O) groups is 1. The molecular weight excluding hydrogens is 286 g/mol. The Kier molecular flexibility index (Phi) is 5.44. The fourth-order valence-corrected chi connectivity index (χ4v) is 2.33. The van der Waals surface area contributed by atoms with E-state index in [9.17, 15) is 23.3 Å². The molecule has 0 aliphatic rings. The number of nitro benzene ring substituents is 1. The second-order valence-corrected chi connectivity index (χ2v) is 5.65. The van der Waals surface area contributed by atoms with E-state index in [2.05, 4.69) is 5.32 Å². The highest BCUT2D eigenvalue weighted by molar-refractivity contribution is 7.90. The quantitative estimate of drug-likeness (QED) is 0.467. The fraction of sp³-hybridized carbons (Fsp3) is 0.364. The Balaban J connectivity index is 2.81. The van der Waals surface area contributed by atoms with Crippen LogP contribution in [0.1, 0.15) is 19.8 Å². The molecule has 9 heteroatoms. The van der Waals surface area contributed by atoms with Gasteiger partial charge in [0, 0.05) is 18.7 Å². The van der Waals surface area contributed by atoms with Gasteiger partial charge in [-0.05, 0) is 12.5 Å². The molecule has 0 saturated heterocycles. The zero-order chi connectivity index (χ0) is 15.2. The van der Waals surface area contributed by atoms with Crippen molar-refractivity contribution in [2.75, 3.05) is 6.54 Å². The lowest BCUT2D eigenvalue weighted by atomic mass is 10.3. The van der Waals surface area contributed by atoms with Gasteiger partial charge in [0.05, 0.1) is 9.82 Å². The van der Waals surface area contributed by atoms with Crippen LogP contribution >= 0.6 is 0 Å². The Morgan fingerprint density at radius 3 is 2.70 bits per heavy atom. The Morgan fingerprint density at radius 2 is 2.10 bits per heavy atom. The van der Waals surface area contributed by atoms with Crippen LogP contribution in [-0.2, 0) is 10.0 Å². The number of urea groups is 1. The molecule has 1 rings (SSSR count). The minimum Gasteiger partial charge on any atom is -0.337 e. The number of non-ortho nitro benzene ring substituents is 1. The van der Waals surface area contributed by atoms with Crippen LogP contribution in [0, 0.1) is 10.1 Å². The lowest BCUT2D eigenvalue weighted by molar-refractivity contribution is -0.385. The maximum Gasteiger partial charge on any atom is 0.328 e. The first-order chi connectivity index (χ1) is 9.36. The van der Waals surface area contributed by atoms with Gasteiger partial charge in [-0.15, -0.1) is 0 Å². The van der Waals surface area contributed by atoms with Crippen molar-refractivity contribution >= 4 is 21.7 Å². The number of nitrogens with zero attached hydrogens (tertiary/aromatic N) is 1. The molecule has 0 radical (unpaired) electrons. The topological polar surface area (TPSA) is 118 Å². The average Bonchev–Trinajstić information content (AvgIpc) is 2.38. The molecule has 0 saturated carbocycles. The number of nitrogens with one attached hydrogen (secondary N) is 2. The van der Waals surface area contributed by atoms with E-state index in [1.54, 1.807) is 4.72 Å². The number of hydrogen-bond acceptors (Lipinski definition) is 5. The van der Waals surface area contributed by atoms with Gasteiger partial charge in [-0.1, -0.05) is 19.4 Å². The summed E-state index contributed by atoms with van der Waals surface area (Å²) in [5.41, 5.74) is -0.362. The number of amides is 2.